The van der Waals surface area contributed by atoms with E-state index in [0.29, 0.717) is 6.04 Å². The van der Waals surface area contributed by atoms with Gasteiger partial charge in [0.1, 0.15) is 6.04 Å². The summed E-state index contributed by atoms with van der Waals surface area (Å²) in [6.07, 6.45) is 2.46. The lowest BCUT2D eigenvalue weighted by molar-refractivity contribution is -0.138. The Morgan fingerprint density at radius 3 is 2.80 bits per heavy atom. The van der Waals surface area contributed by atoms with Gasteiger partial charge in [-0.3, -0.25) is 9.69 Å². The van der Waals surface area contributed by atoms with Gasteiger partial charge in [-0.15, -0.1) is 0 Å². The maximum Gasteiger partial charge on any atom is 0.244 e. The topological polar surface area (TPSA) is 49.6 Å². The number of nitrogens with zero attached hydrogens (tertiary/aromatic N) is 2. The Morgan fingerprint density at radius 2 is 2.05 bits per heavy atom. The highest BCUT2D eigenvalue weighted by Crippen LogP contribution is 2.26. The summed E-state index contributed by atoms with van der Waals surface area (Å²) in [5, 5.41) is 0. The van der Waals surface area contributed by atoms with Crippen molar-refractivity contribution in [3.63, 3.8) is 0 Å². The highest BCUT2D eigenvalue weighted by Gasteiger charge is 2.37. The second-order valence-electron chi connectivity index (χ2n) is 6.02. The Morgan fingerprint density at radius 1 is 1.30 bits per heavy atom. The molecule has 4 nitrogen and oxygen atoms in total. The number of carbonyl (C=O) groups excluding carboxylic acids is 1. The molecule has 20 heavy (non-hydrogen) atoms. The molecule has 1 amide bonds. The minimum absolute atomic E-state index is 0.0650. The van der Waals surface area contributed by atoms with E-state index < -0.39 is 6.04 Å². The highest BCUT2D eigenvalue weighted by atomic mass is 16.2. The second kappa shape index (κ2) is 5.54. The quantitative estimate of drug-likeness (QED) is 0.885. The van der Waals surface area contributed by atoms with Gasteiger partial charge in [0.15, 0.2) is 0 Å². The van der Waals surface area contributed by atoms with Crippen molar-refractivity contribution in [2.24, 2.45) is 5.73 Å². The van der Waals surface area contributed by atoms with Gasteiger partial charge in [-0.25, -0.2) is 0 Å². The zero-order valence-electron chi connectivity index (χ0n) is 12.0. The number of hydrogen-bond acceptors (Lipinski definition) is 3. The van der Waals surface area contributed by atoms with Crippen LogP contribution in [-0.4, -0.2) is 47.4 Å². The molecule has 3 rings (SSSR count). The molecule has 0 spiro atoms. The molecule has 1 aromatic rings. The summed E-state index contributed by atoms with van der Waals surface area (Å²) in [4.78, 5) is 17.2. The smallest absolute Gasteiger partial charge is 0.244 e. The van der Waals surface area contributed by atoms with Gasteiger partial charge in [0, 0.05) is 25.2 Å². The van der Waals surface area contributed by atoms with Crippen LogP contribution in [0.1, 0.15) is 31.4 Å². The van der Waals surface area contributed by atoms with Crippen LogP contribution in [0, 0.1) is 0 Å². The van der Waals surface area contributed by atoms with Crippen molar-refractivity contribution in [3.05, 3.63) is 35.9 Å². The largest absolute Gasteiger partial charge is 0.335 e. The fourth-order valence-corrected chi connectivity index (χ4v) is 3.48. The summed E-state index contributed by atoms with van der Waals surface area (Å²) in [5.74, 6) is 0.0650. The van der Waals surface area contributed by atoms with Crippen LogP contribution in [0.4, 0.5) is 0 Å². The summed E-state index contributed by atoms with van der Waals surface area (Å²) in [7, 11) is 0. The van der Waals surface area contributed by atoms with Crippen molar-refractivity contribution in [2.75, 3.05) is 19.6 Å². The van der Waals surface area contributed by atoms with Gasteiger partial charge in [-0.1, -0.05) is 30.3 Å². The molecule has 2 heterocycles. The maximum absolute atomic E-state index is 12.7. The molecule has 2 aliphatic heterocycles. The predicted octanol–water partition coefficient (Wildman–Crippen LogP) is 1.38. The molecule has 0 aromatic heterocycles. The van der Waals surface area contributed by atoms with E-state index in [1.165, 1.54) is 19.4 Å². The standard InChI is InChI=1S/C16H23N3O/c1-12-10-18-9-5-8-14(18)11-19(12)16(20)15(17)13-6-3-2-4-7-13/h2-4,6-7,12,14-15H,5,8-11,17H2,1H3/t12-,14-,15+/m1/s1. The fourth-order valence-electron chi connectivity index (χ4n) is 3.48. The first-order valence-electron chi connectivity index (χ1n) is 7.52. The molecule has 0 aliphatic carbocycles. The number of hydrogen-bond donors (Lipinski definition) is 1. The molecule has 3 atom stereocenters. The molecule has 4 heteroatoms. The third-order valence-electron chi connectivity index (χ3n) is 4.65. The van der Waals surface area contributed by atoms with Gasteiger partial charge >= 0.3 is 0 Å². The molecule has 2 saturated heterocycles. The van der Waals surface area contributed by atoms with Crippen LogP contribution in [0.25, 0.3) is 0 Å². The van der Waals surface area contributed by atoms with E-state index in [1.807, 2.05) is 35.2 Å². The number of benzene rings is 1. The Kier molecular flexibility index (Phi) is 3.76. The number of rotatable bonds is 2. The van der Waals surface area contributed by atoms with Gasteiger partial charge in [0.05, 0.1) is 0 Å². The van der Waals surface area contributed by atoms with E-state index in [4.69, 9.17) is 5.73 Å². The fraction of sp³-hybridized carbons (Fsp3) is 0.562. The van der Waals surface area contributed by atoms with Crippen LogP contribution in [0.2, 0.25) is 0 Å². The monoisotopic (exact) mass is 273 g/mol. The lowest BCUT2D eigenvalue weighted by Crippen LogP contribution is -2.58. The van der Waals surface area contributed by atoms with E-state index in [2.05, 4.69) is 11.8 Å². The summed E-state index contributed by atoms with van der Waals surface area (Å²) >= 11 is 0. The first-order valence-corrected chi connectivity index (χ1v) is 7.52. The number of amides is 1. The summed E-state index contributed by atoms with van der Waals surface area (Å²) in [6.45, 7) is 5.13. The third-order valence-corrected chi connectivity index (χ3v) is 4.65. The number of piperazine rings is 1. The van der Waals surface area contributed by atoms with Crippen LogP contribution in [0.5, 0.6) is 0 Å². The minimum atomic E-state index is -0.536. The van der Waals surface area contributed by atoms with Crippen LogP contribution >= 0.6 is 0 Å². The zero-order chi connectivity index (χ0) is 14.1. The van der Waals surface area contributed by atoms with Crippen LogP contribution in [0.15, 0.2) is 30.3 Å². The van der Waals surface area contributed by atoms with E-state index >= 15 is 0 Å². The molecule has 0 radical (unpaired) electrons. The minimum Gasteiger partial charge on any atom is -0.335 e. The van der Waals surface area contributed by atoms with Crippen molar-refractivity contribution in [1.82, 2.24) is 9.80 Å². The highest BCUT2D eigenvalue weighted by molar-refractivity contribution is 5.83. The molecular formula is C16H23N3O. The summed E-state index contributed by atoms with van der Waals surface area (Å²) in [5.41, 5.74) is 7.07. The first kappa shape index (κ1) is 13.6. The molecule has 2 aliphatic rings. The summed E-state index contributed by atoms with van der Waals surface area (Å²) in [6, 6.07) is 9.93. The zero-order valence-corrected chi connectivity index (χ0v) is 12.0. The van der Waals surface area contributed by atoms with Crippen LogP contribution < -0.4 is 5.73 Å². The van der Waals surface area contributed by atoms with Gasteiger partial charge in [0.25, 0.3) is 0 Å². The van der Waals surface area contributed by atoms with Crippen molar-refractivity contribution in [2.45, 2.75) is 37.9 Å². The number of nitrogens with two attached hydrogens (primary N) is 1. The Hall–Kier alpha value is -1.39. The van der Waals surface area contributed by atoms with Crippen molar-refractivity contribution >= 4 is 5.91 Å². The van der Waals surface area contributed by atoms with Gasteiger partial charge in [-0.2, -0.15) is 0 Å². The maximum atomic E-state index is 12.7. The lowest BCUT2D eigenvalue weighted by atomic mass is 10.0. The van der Waals surface area contributed by atoms with Crippen molar-refractivity contribution in [1.29, 1.82) is 0 Å². The SMILES string of the molecule is C[C@@H]1CN2CCC[C@@H]2CN1C(=O)[C@@H](N)c1ccccc1. The average Bonchev–Trinajstić information content (AvgIpc) is 2.93. The van der Waals surface area contributed by atoms with Gasteiger partial charge in [-0.05, 0) is 31.9 Å². The van der Waals surface area contributed by atoms with Crippen molar-refractivity contribution < 1.29 is 4.79 Å². The first-order chi connectivity index (χ1) is 9.66. The Bertz CT molecular complexity index is 476. The normalized spacial score (nSPS) is 28.2. The average molecular weight is 273 g/mol. The Balaban J connectivity index is 1.73. The predicted molar refractivity (Wildman–Crippen MR) is 79.1 cm³/mol. The molecular weight excluding hydrogens is 250 g/mol. The molecule has 0 unspecified atom stereocenters. The van der Waals surface area contributed by atoms with E-state index in [9.17, 15) is 4.79 Å². The van der Waals surface area contributed by atoms with Gasteiger partial charge in [0.2, 0.25) is 5.91 Å². The lowest BCUT2D eigenvalue weighted by Gasteiger charge is -2.43. The molecule has 0 bridgehead atoms. The Labute approximate surface area is 120 Å². The molecule has 1 aromatic carbocycles. The van der Waals surface area contributed by atoms with Gasteiger partial charge < -0.3 is 10.6 Å². The van der Waals surface area contributed by atoms with E-state index in [-0.39, 0.29) is 11.9 Å². The third kappa shape index (κ3) is 2.45. The second-order valence-corrected chi connectivity index (χ2v) is 6.02. The number of carbonyl (C=O) groups is 1. The summed E-state index contributed by atoms with van der Waals surface area (Å²) < 4.78 is 0. The molecule has 2 N–H and O–H groups in total. The van der Waals surface area contributed by atoms with E-state index in [1.54, 1.807) is 0 Å². The van der Waals surface area contributed by atoms with E-state index in [0.717, 1.165) is 18.7 Å². The van der Waals surface area contributed by atoms with Crippen LogP contribution in [-0.2, 0) is 4.79 Å². The molecule has 0 saturated carbocycles. The van der Waals surface area contributed by atoms with Crippen LogP contribution in [0.3, 0.4) is 0 Å². The molecule has 2 fully saturated rings. The number of fused-ring (bicyclic) bond motifs is 1. The molecule has 108 valence electrons. The van der Waals surface area contributed by atoms with Crippen molar-refractivity contribution in [3.8, 4) is 0 Å².